The fourth-order valence-electron chi connectivity index (χ4n) is 1.94. The molecule has 0 radical (unpaired) electrons. The molecule has 4 heteroatoms. The molecule has 2 heterocycles. The molecular weight excluding hydrogens is 180 g/mol. The van der Waals surface area contributed by atoms with Crippen LogP contribution in [0.4, 0.5) is 0 Å². The summed E-state index contributed by atoms with van der Waals surface area (Å²) in [6.45, 7) is 1.90. The minimum Gasteiger partial charge on any atom is -0.451 e. The van der Waals surface area contributed by atoms with E-state index in [9.17, 15) is 5.11 Å². The first-order valence-electron chi connectivity index (χ1n) is 5.12. The van der Waals surface area contributed by atoms with Gasteiger partial charge in [0.05, 0.1) is 11.8 Å². The van der Waals surface area contributed by atoms with Crippen LogP contribution in [0, 0.1) is 5.92 Å². The Hall–Kier alpha value is -0.870. The van der Waals surface area contributed by atoms with Gasteiger partial charge in [0.2, 0.25) is 0 Å². The van der Waals surface area contributed by atoms with Crippen molar-refractivity contribution < 1.29 is 9.52 Å². The quantitative estimate of drug-likeness (QED) is 0.726. The molecule has 4 nitrogen and oxygen atoms in total. The molecule has 2 unspecified atom stereocenters. The molecule has 0 saturated carbocycles. The molecule has 1 aromatic rings. The second-order valence-electron chi connectivity index (χ2n) is 3.84. The van der Waals surface area contributed by atoms with Gasteiger partial charge in [0.25, 0.3) is 0 Å². The molecule has 2 N–H and O–H groups in total. The van der Waals surface area contributed by atoms with Crippen LogP contribution in [0.2, 0.25) is 0 Å². The average Bonchev–Trinajstić information content (AvgIpc) is 2.60. The van der Waals surface area contributed by atoms with E-state index in [2.05, 4.69) is 10.3 Å². The van der Waals surface area contributed by atoms with E-state index in [0.29, 0.717) is 5.92 Å². The van der Waals surface area contributed by atoms with E-state index >= 15 is 0 Å². The van der Waals surface area contributed by atoms with Gasteiger partial charge in [-0.3, -0.25) is 0 Å². The lowest BCUT2D eigenvalue weighted by atomic mass is 9.93. The third-order valence-electron chi connectivity index (χ3n) is 2.81. The van der Waals surface area contributed by atoms with Gasteiger partial charge in [-0.15, -0.1) is 0 Å². The standard InChI is InChI=1S/C10H16N2O2/c13-10-2-4-11-3-1-8(10)5-9-6-14-7-12-9/h6-8,10-11,13H,1-5H2. The molecule has 2 rings (SSSR count). The molecule has 0 amide bonds. The van der Waals surface area contributed by atoms with Crippen LogP contribution in [-0.2, 0) is 6.42 Å². The zero-order valence-corrected chi connectivity index (χ0v) is 8.15. The van der Waals surface area contributed by atoms with E-state index in [1.54, 1.807) is 6.26 Å². The zero-order chi connectivity index (χ0) is 9.80. The zero-order valence-electron chi connectivity index (χ0n) is 8.15. The summed E-state index contributed by atoms with van der Waals surface area (Å²) in [4.78, 5) is 4.08. The molecule has 1 aromatic heterocycles. The molecule has 1 aliphatic heterocycles. The second-order valence-corrected chi connectivity index (χ2v) is 3.84. The first kappa shape index (κ1) is 9.68. The minimum atomic E-state index is -0.207. The summed E-state index contributed by atoms with van der Waals surface area (Å²) in [5, 5.41) is 13.1. The Balaban J connectivity index is 1.94. The van der Waals surface area contributed by atoms with Crippen LogP contribution in [0.15, 0.2) is 17.1 Å². The highest BCUT2D eigenvalue weighted by atomic mass is 16.3. The number of hydrogen-bond donors (Lipinski definition) is 2. The summed E-state index contributed by atoms with van der Waals surface area (Å²) in [5.74, 6) is 0.315. The van der Waals surface area contributed by atoms with Gasteiger partial charge in [-0.05, 0) is 38.3 Å². The van der Waals surface area contributed by atoms with Crippen molar-refractivity contribution in [2.45, 2.75) is 25.4 Å². The minimum absolute atomic E-state index is 0.207. The Morgan fingerprint density at radius 3 is 3.14 bits per heavy atom. The van der Waals surface area contributed by atoms with E-state index < -0.39 is 0 Å². The third-order valence-corrected chi connectivity index (χ3v) is 2.81. The maximum absolute atomic E-state index is 9.85. The summed E-state index contributed by atoms with van der Waals surface area (Å²) >= 11 is 0. The molecule has 78 valence electrons. The topological polar surface area (TPSA) is 58.3 Å². The normalized spacial score (nSPS) is 28.6. The fraction of sp³-hybridized carbons (Fsp3) is 0.700. The van der Waals surface area contributed by atoms with Crippen LogP contribution < -0.4 is 5.32 Å². The Labute approximate surface area is 83.3 Å². The lowest BCUT2D eigenvalue weighted by molar-refractivity contribution is 0.104. The van der Waals surface area contributed by atoms with Gasteiger partial charge in [0, 0.05) is 0 Å². The predicted molar refractivity (Wildman–Crippen MR) is 51.8 cm³/mol. The van der Waals surface area contributed by atoms with Crippen molar-refractivity contribution in [3.05, 3.63) is 18.4 Å². The predicted octanol–water partition coefficient (Wildman–Crippen LogP) is 0.578. The van der Waals surface area contributed by atoms with Gasteiger partial charge < -0.3 is 14.8 Å². The number of hydrogen-bond acceptors (Lipinski definition) is 4. The Bertz CT molecular complexity index is 261. The van der Waals surface area contributed by atoms with Crippen molar-refractivity contribution in [3.8, 4) is 0 Å². The number of nitrogens with zero attached hydrogens (tertiary/aromatic N) is 1. The van der Waals surface area contributed by atoms with Crippen LogP contribution in [0.3, 0.4) is 0 Å². The molecule has 1 fully saturated rings. The SMILES string of the molecule is OC1CCNCCC1Cc1cocn1. The van der Waals surface area contributed by atoms with E-state index in [1.807, 2.05) is 0 Å². The average molecular weight is 196 g/mol. The van der Waals surface area contributed by atoms with Gasteiger partial charge in [-0.2, -0.15) is 0 Å². The number of rotatable bonds is 2. The molecular formula is C10H16N2O2. The summed E-state index contributed by atoms with van der Waals surface area (Å²) in [6, 6.07) is 0. The molecule has 14 heavy (non-hydrogen) atoms. The summed E-state index contributed by atoms with van der Waals surface area (Å²) in [7, 11) is 0. The molecule has 1 saturated heterocycles. The largest absolute Gasteiger partial charge is 0.451 e. The number of aliphatic hydroxyl groups excluding tert-OH is 1. The van der Waals surface area contributed by atoms with Crippen LogP contribution >= 0.6 is 0 Å². The van der Waals surface area contributed by atoms with Gasteiger partial charge >= 0.3 is 0 Å². The maximum atomic E-state index is 9.85. The summed E-state index contributed by atoms with van der Waals surface area (Å²) in [6.07, 6.45) is 5.55. The lowest BCUT2D eigenvalue weighted by Crippen LogP contribution is -2.22. The number of aromatic nitrogens is 1. The first-order chi connectivity index (χ1) is 6.86. The van der Waals surface area contributed by atoms with Gasteiger partial charge in [0.1, 0.15) is 6.26 Å². The Morgan fingerprint density at radius 2 is 2.36 bits per heavy atom. The summed E-state index contributed by atoms with van der Waals surface area (Å²) < 4.78 is 4.91. The van der Waals surface area contributed by atoms with Crippen LogP contribution in [0.5, 0.6) is 0 Å². The molecule has 0 aliphatic carbocycles. The fourth-order valence-corrected chi connectivity index (χ4v) is 1.94. The highest BCUT2D eigenvalue weighted by Crippen LogP contribution is 2.18. The molecule has 2 atom stereocenters. The smallest absolute Gasteiger partial charge is 0.180 e. The number of oxazole rings is 1. The summed E-state index contributed by atoms with van der Waals surface area (Å²) in [5.41, 5.74) is 0.941. The molecule has 0 aromatic carbocycles. The third kappa shape index (κ3) is 2.33. The number of aliphatic hydroxyl groups is 1. The van der Waals surface area contributed by atoms with Crippen molar-refractivity contribution in [1.29, 1.82) is 0 Å². The Morgan fingerprint density at radius 1 is 1.50 bits per heavy atom. The van der Waals surface area contributed by atoms with Crippen molar-refractivity contribution in [2.24, 2.45) is 5.92 Å². The van der Waals surface area contributed by atoms with Gasteiger partial charge in [-0.25, -0.2) is 4.98 Å². The van der Waals surface area contributed by atoms with E-state index in [1.165, 1.54) is 6.39 Å². The second kappa shape index (κ2) is 4.57. The van der Waals surface area contributed by atoms with Crippen LogP contribution in [0.1, 0.15) is 18.5 Å². The van der Waals surface area contributed by atoms with Gasteiger partial charge in [-0.1, -0.05) is 0 Å². The monoisotopic (exact) mass is 196 g/mol. The number of nitrogens with one attached hydrogen (secondary N) is 1. The van der Waals surface area contributed by atoms with Crippen molar-refractivity contribution >= 4 is 0 Å². The molecule has 0 spiro atoms. The van der Waals surface area contributed by atoms with Crippen molar-refractivity contribution in [2.75, 3.05) is 13.1 Å². The highest BCUT2D eigenvalue weighted by Gasteiger charge is 2.22. The van der Waals surface area contributed by atoms with E-state index in [4.69, 9.17) is 4.42 Å². The lowest BCUT2D eigenvalue weighted by Gasteiger charge is -2.18. The highest BCUT2D eigenvalue weighted by molar-refractivity contribution is 4.95. The van der Waals surface area contributed by atoms with E-state index in [-0.39, 0.29) is 6.10 Å². The molecule has 1 aliphatic rings. The Kier molecular flexibility index (Phi) is 3.16. The van der Waals surface area contributed by atoms with Crippen LogP contribution in [-0.4, -0.2) is 29.3 Å². The first-order valence-corrected chi connectivity index (χ1v) is 5.12. The van der Waals surface area contributed by atoms with Crippen LogP contribution in [0.25, 0.3) is 0 Å². The molecule has 0 bridgehead atoms. The van der Waals surface area contributed by atoms with E-state index in [0.717, 1.165) is 38.0 Å². The maximum Gasteiger partial charge on any atom is 0.180 e. The van der Waals surface area contributed by atoms with Crippen molar-refractivity contribution in [1.82, 2.24) is 10.3 Å². The van der Waals surface area contributed by atoms with Crippen molar-refractivity contribution in [3.63, 3.8) is 0 Å². The van der Waals surface area contributed by atoms with Gasteiger partial charge in [0.15, 0.2) is 6.39 Å².